The molecule has 1 rings (SSSR count). The first-order valence-corrected chi connectivity index (χ1v) is 8.84. The van der Waals surface area contributed by atoms with Gasteiger partial charge in [-0.25, -0.2) is 0 Å². The fraction of sp³-hybridized carbons (Fsp3) is 0.643. The minimum Gasteiger partial charge on any atom is -0.396 e. The van der Waals surface area contributed by atoms with Crippen molar-refractivity contribution in [2.75, 3.05) is 17.3 Å². The van der Waals surface area contributed by atoms with Gasteiger partial charge in [0.25, 0.3) is 0 Å². The number of nitrogens with zero attached hydrogens (tertiary/aromatic N) is 1. The van der Waals surface area contributed by atoms with E-state index in [1.165, 1.54) is 37.0 Å². The van der Waals surface area contributed by atoms with E-state index in [1.54, 1.807) is 11.8 Å². The molecule has 3 N–H and O–H groups in total. The van der Waals surface area contributed by atoms with Crippen LogP contribution in [0.5, 0.6) is 0 Å². The van der Waals surface area contributed by atoms with Crippen molar-refractivity contribution in [3.05, 3.63) is 4.88 Å². The summed E-state index contributed by atoms with van der Waals surface area (Å²) < 4.78 is 0. The second-order valence-electron chi connectivity index (χ2n) is 4.59. The van der Waals surface area contributed by atoms with Crippen molar-refractivity contribution < 1.29 is 0 Å². The quantitative estimate of drug-likeness (QED) is 0.683. The summed E-state index contributed by atoms with van der Waals surface area (Å²) in [6.07, 6.45) is 7.96. The van der Waals surface area contributed by atoms with E-state index in [2.05, 4.69) is 25.2 Å². The zero-order valence-corrected chi connectivity index (χ0v) is 13.6. The van der Waals surface area contributed by atoms with Crippen molar-refractivity contribution in [1.29, 1.82) is 5.26 Å². The third-order valence-electron chi connectivity index (χ3n) is 3.08. The molecule has 106 valence electrons. The molecule has 0 saturated heterocycles. The highest BCUT2D eigenvalue weighted by atomic mass is 32.2. The predicted molar refractivity (Wildman–Crippen MR) is 87.1 cm³/mol. The van der Waals surface area contributed by atoms with Crippen LogP contribution < -0.4 is 11.1 Å². The lowest BCUT2D eigenvalue weighted by atomic mass is 10.1. The van der Waals surface area contributed by atoms with E-state index < -0.39 is 0 Å². The number of hydrogen-bond acceptors (Lipinski definition) is 5. The molecule has 1 heterocycles. The fourth-order valence-electron chi connectivity index (χ4n) is 2.08. The zero-order chi connectivity index (χ0) is 14.3. The van der Waals surface area contributed by atoms with Crippen molar-refractivity contribution in [1.82, 2.24) is 0 Å². The molecule has 0 spiro atoms. The Morgan fingerprint density at radius 1 is 1.37 bits per heavy atom. The Morgan fingerprint density at radius 3 is 2.63 bits per heavy atom. The van der Waals surface area contributed by atoms with Crippen LogP contribution in [0.15, 0.2) is 4.90 Å². The number of nitriles is 1. The van der Waals surface area contributed by atoms with Crippen LogP contribution in [0.3, 0.4) is 0 Å². The van der Waals surface area contributed by atoms with Gasteiger partial charge in [0.15, 0.2) is 0 Å². The van der Waals surface area contributed by atoms with E-state index in [4.69, 9.17) is 11.0 Å². The van der Waals surface area contributed by atoms with E-state index >= 15 is 0 Å². The number of nitrogens with two attached hydrogens (primary N) is 1. The third kappa shape index (κ3) is 4.32. The maximum Gasteiger partial charge on any atom is 0.131 e. The predicted octanol–water partition coefficient (Wildman–Crippen LogP) is 4.69. The summed E-state index contributed by atoms with van der Waals surface area (Å²) in [7, 11) is 0. The van der Waals surface area contributed by atoms with E-state index in [0.717, 1.165) is 16.3 Å². The molecule has 0 saturated carbocycles. The highest BCUT2D eigenvalue weighted by molar-refractivity contribution is 7.99. The van der Waals surface area contributed by atoms with Gasteiger partial charge in [0.05, 0.1) is 10.6 Å². The summed E-state index contributed by atoms with van der Waals surface area (Å²) in [5.41, 5.74) is 6.63. The van der Waals surface area contributed by atoms with Crippen molar-refractivity contribution in [3.8, 4) is 6.07 Å². The summed E-state index contributed by atoms with van der Waals surface area (Å²) in [6, 6.07) is 2.67. The van der Waals surface area contributed by atoms with Gasteiger partial charge in [-0.2, -0.15) is 5.26 Å². The minimum absolute atomic E-state index is 0.487. The molecule has 3 nitrogen and oxygen atoms in total. The maximum absolute atomic E-state index is 9.07. The molecular weight excluding hydrogens is 274 g/mol. The first kappa shape index (κ1) is 16.2. The smallest absolute Gasteiger partial charge is 0.131 e. The zero-order valence-electron chi connectivity index (χ0n) is 12.0. The van der Waals surface area contributed by atoms with Crippen LogP contribution in [0.2, 0.25) is 0 Å². The van der Waals surface area contributed by atoms with Gasteiger partial charge in [-0.05, 0) is 19.1 Å². The van der Waals surface area contributed by atoms with Crippen LogP contribution in [0, 0.1) is 11.3 Å². The molecular formula is C14H23N3S2. The Balaban J connectivity index is 2.86. The molecule has 0 amide bonds. The summed E-state index contributed by atoms with van der Waals surface area (Å²) in [5.74, 6) is 0. The first-order valence-electron chi connectivity index (χ1n) is 6.80. The summed E-state index contributed by atoms with van der Waals surface area (Å²) >= 11 is 3.09. The second-order valence-corrected chi connectivity index (χ2v) is 6.43. The van der Waals surface area contributed by atoms with Crippen LogP contribution >= 0.6 is 23.1 Å². The fourth-order valence-corrected chi connectivity index (χ4v) is 3.98. The SMILES string of the molecule is CCCCC(CCC)Nc1sc(C#N)c(N)c1SC. The van der Waals surface area contributed by atoms with E-state index in [9.17, 15) is 0 Å². The molecule has 0 radical (unpaired) electrons. The van der Waals surface area contributed by atoms with Crippen LogP contribution in [0.25, 0.3) is 0 Å². The molecule has 1 aromatic rings. The van der Waals surface area contributed by atoms with Gasteiger partial charge in [-0.15, -0.1) is 23.1 Å². The molecule has 0 aromatic carbocycles. The van der Waals surface area contributed by atoms with Gasteiger partial charge >= 0.3 is 0 Å². The lowest BCUT2D eigenvalue weighted by molar-refractivity contribution is 0.565. The summed E-state index contributed by atoms with van der Waals surface area (Å²) in [4.78, 5) is 1.65. The average Bonchev–Trinajstić information content (AvgIpc) is 2.71. The molecule has 0 aliphatic carbocycles. The number of unbranched alkanes of at least 4 members (excludes halogenated alkanes) is 1. The number of nitrogens with one attached hydrogen (secondary N) is 1. The minimum atomic E-state index is 0.487. The number of hydrogen-bond donors (Lipinski definition) is 2. The van der Waals surface area contributed by atoms with Crippen LogP contribution in [-0.4, -0.2) is 12.3 Å². The van der Waals surface area contributed by atoms with Crippen LogP contribution in [-0.2, 0) is 0 Å². The van der Waals surface area contributed by atoms with Gasteiger partial charge < -0.3 is 11.1 Å². The van der Waals surface area contributed by atoms with Gasteiger partial charge in [0.1, 0.15) is 15.9 Å². The van der Waals surface area contributed by atoms with Crippen molar-refractivity contribution in [2.45, 2.75) is 56.9 Å². The van der Waals surface area contributed by atoms with E-state index in [1.807, 2.05) is 6.26 Å². The summed E-state index contributed by atoms with van der Waals surface area (Å²) in [6.45, 7) is 4.42. The van der Waals surface area contributed by atoms with Crippen molar-refractivity contribution >= 4 is 33.8 Å². The Bertz CT molecular complexity index is 435. The normalized spacial score (nSPS) is 12.1. The summed E-state index contributed by atoms with van der Waals surface area (Å²) in [5, 5.41) is 13.7. The molecule has 1 aromatic heterocycles. The van der Waals surface area contributed by atoms with Crippen LogP contribution in [0.1, 0.15) is 50.8 Å². The highest BCUT2D eigenvalue weighted by Gasteiger charge is 2.17. The number of thiophene rings is 1. The Hall–Kier alpha value is -0.860. The molecule has 0 aliphatic heterocycles. The lowest BCUT2D eigenvalue weighted by Gasteiger charge is -2.18. The molecule has 0 bridgehead atoms. The topological polar surface area (TPSA) is 61.8 Å². The monoisotopic (exact) mass is 297 g/mol. The Labute approximate surface area is 124 Å². The second kappa shape index (κ2) is 8.34. The van der Waals surface area contributed by atoms with Gasteiger partial charge in [0, 0.05) is 6.04 Å². The molecule has 1 unspecified atom stereocenters. The number of anilines is 2. The third-order valence-corrected chi connectivity index (χ3v) is 5.09. The Morgan fingerprint density at radius 2 is 2.11 bits per heavy atom. The van der Waals surface area contributed by atoms with E-state index in [0.29, 0.717) is 16.6 Å². The van der Waals surface area contributed by atoms with Crippen LogP contribution in [0.4, 0.5) is 10.7 Å². The maximum atomic E-state index is 9.07. The first-order chi connectivity index (χ1) is 9.17. The Kier molecular flexibility index (Phi) is 7.11. The molecule has 5 heteroatoms. The van der Waals surface area contributed by atoms with Gasteiger partial charge in [-0.1, -0.05) is 33.1 Å². The molecule has 1 atom stereocenters. The number of thioether (sulfide) groups is 1. The highest BCUT2D eigenvalue weighted by Crippen LogP contribution is 2.41. The number of rotatable bonds is 8. The molecule has 0 fully saturated rings. The van der Waals surface area contributed by atoms with Gasteiger partial charge in [0.2, 0.25) is 0 Å². The largest absolute Gasteiger partial charge is 0.396 e. The lowest BCUT2D eigenvalue weighted by Crippen LogP contribution is -2.18. The molecule has 19 heavy (non-hydrogen) atoms. The van der Waals surface area contributed by atoms with Crippen molar-refractivity contribution in [2.24, 2.45) is 0 Å². The standard InChI is InChI=1S/C14H23N3S2/c1-4-6-8-10(7-5-2)17-14-13(18-3)12(16)11(9-15)19-14/h10,17H,4-8,16H2,1-3H3. The molecule has 0 aliphatic rings. The number of nitrogen functional groups attached to an aromatic ring is 1. The van der Waals surface area contributed by atoms with Gasteiger partial charge in [-0.3, -0.25) is 0 Å². The average molecular weight is 297 g/mol. The van der Waals surface area contributed by atoms with Crippen molar-refractivity contribution in [3.63, 3.8) is 0 Å². The van der Waals surface area contributed by atoms with E-state index in [-0.39, 0.29) is 0 Å².